The zero-order chi connectivity index (χ0) is 27.5. The molecule has 1 fully saturated rings. The highest BCUT2D eigenvalue weighted by Gasteiger charge is 2.37. The zero-order valence-electron chi connectivity index (χ0n) is 20.3. The molecule has 1 aliphatic carbocycles. The van der Waals surface area contributed by atoms with Gasteiger partial charge in [-0.05, 0) is 38.3 Å². The number of hydrogen-bond donors (Lipinski definition) is 2. The highest BCUT2D eigenvalue weighted by Crippen LogP contribution is 2.36. The van der Waals surface area contributed by atoms with Crippen LogP contribution in [0.3, 0.4) is 0 Å². The van der Waals surface area contributed by atoms with Crippen molar-refractivity contribution in [2.24, 2.45) is 0 Å². The number of halogens is 3. The summed E-state index contributed by atoms with van der Waals surface area (Å²) in [5.41, 5.74) is 0.584. The van der Waals surface area contributed by atoms with Gasteiger partial charge in [-0.25, -0.2) is 18.4 Å². The van der Waals surface area contributed by atoms with Crippen LogP contribution in [0.25, 0.3) is 11.3 Å². The summed E-state index contributed by atoms with van der Waals surface area (Å²) in [5.74, 6) is -1.92. The Morgan fingerprint density at radius 2 is 1.97 bits per heavy atom. The van der Waals surface area contributed by atoms with Crippen LogP contribution < -0.4 is 19.5 Å². The summed E-state index contributed by atoms with van der Waals surface area (Å²) in [5, 5.41) is 3.70. The smallest absolute Gasteiger partial charge is 0.477 e. The molecule has 3 aromatic rings. The van der Waals surface area contributed by atoms with Gasteiger partial charge in [-0.2, -0.15) is 0 Å². The van der Waals surface area contributed by atoms with Crippen LogP contribution in [0, 0.1) is 0 Å². The minimum absolute atomic E-state index is 0.124. The second kappa shape index (κ2) is 11.1. The van der Waals surface area contributed by atoms with Crippen LogP contribution in [0.15, 0.2) is 36.0 Å². The first kappa shape index (κ1) is 27.6. The number of carbonyl (C=O) groups is 1. The fourth-order valence-electron chi connectivity index (χ4n) is 3.52. The van der Waals surface area contributed by atoms with Gasteiger partial charge in [-0.1, -0.05) is 13.0 Å². The van der Waals surface area contributed by atoms with E-state index < -0.39 is 39.2 Å². The third kappa shape index (κ3) is 6.89. The summed E-state index contributed by atoms with van der Waals surface area (Å²) >= 11 is 1.03. The molecule has 2 N–H and O–H groups in total. The van der Waals surface area contributed by atoms with Gasteiger partial charge in [-0.3, -0.25) is 14.5 Å². The van der Waals surface area contributed by atoms with Crippen LogP contribution in [-0.4, -0.2) is 47.5 Å². The van der Waals surface area contributed by atoms with E-state index >= 15 is 0 Å². The van der Waals surface area contributed by atoms with Gasteiger partial charge in [0.25, 0.3) is 0 Å². The van der Waals surface area contributed by atoms with E-state index in [9.17, 15) is 26.4 Å². The minimum Gasteiger partial charge on any atom is -0.477 e. The summed E-state index contributed by atoms with van der Waals surface area (Å²) in [7, 11) is -3.53. The Morgan fingerprint density at radius 1 is 1.21 bits per heavy atom. The molecule has 0 spiro atoms. The fraction of sp³-hybridized carbons (Fsp3) is 0.391. The van der Waals surface area contributed by atoms with E-state index in [1.165, 1.54) is 24.5 Å². The largest absolute Gasteiger partial charge is 0.573 e. The first-order chi connectivity index (χ1) is 18.0. The number of ether oxygens (including phenoxy) is 2. The maximum absolute atomic E-state index is 13.2. The van der Waals surface area contributed by atoms with Crippen molar-refractivity contribution < 1.29 is 35.9 Å². The van der Waals surface area contributed by atoms with E-state index in [1.54, 1.807) is 19.2 Å². The number of benzene rings is 1. The number of amides is 1. The SMILES string of the molecule is CCOc1cncc(-c2ccc(NC(=O)C(CC)c3csc(NS(=O)(=O)C4CC4)n3)c(OC(F)(F)F)c2)n1. The van der Waals surface area contributed by atoms with E-state index in [1.807, 2.05) is 0 Å². The molecule has 15 heteroatoms. The van der Waals surface area contributed by atoms with Gasteiger partial charge in [0.15, 0.2) is 10.9 Å². The van der Waals surface area contributed by atoms with E-state index in [0.29, 0.717) is 25.1 Å². The van der Waals surface area contributed by atoms with Crippen molar-refractivity contribution in [1.29, 1.82) is 0 Å². The fourth-order valence-corrected chi connectivity index (χ4v) is 5.88. The maximum Gasteiger partial charge on any atom is 0.573 e. The molecule has 4 rings (SSSR count). The minimum atomic E-state index is -5.02. The second-order valence-corrected chi connectivity index (χ2v) is 11.1. The number of aromatic nitrogens is 3. The van der Waals surface area contributed by atoms with Crippen LogP contribution in [-0.2, 0) is 14.8 Å². The maximum atomic E-state index is 13.2. The average molecular weight is 572 g/mol. The summed E-state index contributed by atoms with van der Waals surface area (Å²) < 4.78 is 75.9. The normalized spacial score (nSPS) is 14.6. The molecule has 0 aliphatic heterocycles. The molecule has 1 aliphatic rings. The molecular weight excluding hydrogens is 547 g/mol. The van der Waals surface area contributed by atoms with Crippen LogP contribution in [0.4, 0.5) is 24.0 Å². The van der Waals surface area contributed by atoms with E-state index in [0.717, 1.165) is 17.4 Å². The lowest BCUT2D eigenvalue weighted by Crippen LogP contribution is -2.23. The molecule has 2 heterocycles. The number of rotatable bonds is 11. The first-order valence-corrected chi connectivity index (χ1v) is 14.0. The van der Waals surface area contributed by atoms with Crippen molar-refractivity contribution in [3.05, 3.63) is 41.7 Å². The number of alkyl halides is 3. The summed E-state index contributed by atoms with van der Waals surface area (Å²) in [6, 6.07) is 3.83. The molecule has 1 amide bonds. The lowest BCUT2D eigenvalue weighted by Gasteiger charge is -2.18. The van der Waals surface area contributed by atoms with Crippen LogP contribution in [0.1, 0.15) is 44.7 Å². The molecule has 0 radical (unpaired) electrons. The lowest BCUT2D eigenvalue weighted by atomic mass is 10.0. The number of sulfonamides is 1. The quantitative estimate of drug-likeness (QED) is 0.331. The highest BCUT2D eigenvalue weighted by molar-refractivity contribution is 7.93. The van der Waals surface area contributed by atoms with E-state index in [4.69, 9.17) is 4.74 Å². The van der Waals surface area contributed by atoms with Crippen molar-refractivity contribution in [2.75, 3.05) is 16.6 Å². The first-order valence-electron chi connectivity index (χ1n) is 11.6. The van der Waals surface area contributed by atoms with Gasteiger partial charge >= 0.3 is 6.36 Å². The van der Waals surface area contributed by atoms with Crippen molar-refractivity contribution in [3.63, 3.8) is 0 Å². The number of thiazole rings is 1. The number of anilines is 2. The topological polar surface area (TPSA) is 132 Å². The highest BCUT2D eigenvalue weighted by atomic mass is 32.2. The molecule has 38 heavy (non-hydrogen) atoms. The molecule has 10 nitrogen and oxygen atoms in total. The Kier molecular flexibility index (Phi) is 8.06. The van der Waals surface area contributed by atoms with Crippen molar-refractivity contribution >= 4 is 38.1 Å². The van der Waals surface area contributed by atoms with E-state index in [2.05, 4.69) is 29.7 Å². The Hall–Kier alpha value is -3.46. The van der Waals surface area contributed by atoms with Gasteiger partial charge in [-0.15, -0.1) is 24.5 Å². The lowest BCUT2D eigenvalue weighted by molar-refractivity contribution is -0.274. The second-order valence-electron chi connectivity index (χ2n) is 8.31. The van der Waals surface area contributed by atoms with Crippen LogP contribution in [0.2, 0.25) is 0 Å². The third-order valence-corrected chi connectivity index (χ3v) is 8.19. The van der Waals surface area contributed by atoms with Gasteiger partial charge in [0, 0.05) is 10.9 Å². The Balaban J connectivity index is 1.57. The molecule has 0 saturated heterocycles. The average Bonchev–Trinajstić information content (AvgIpc) is 3.62. The summed E-state index contributed by atoms with van der Waals surface area (Å²) in [6.45, 7) is 3.79. The number of nitrogens with zero attached hydrogens (tertiary/aromatic N) is 3. The zero-order valence-corrected chi connectivity index (χ0v) is 21.9. The molecule has 2 aromatic heterocycles. The Labute approximate surface area is 220 Å². The standard InChI is InChI=1S/C23H24F3N5O5S2/c1-3-15(18-12-37-22(30-18)31-38(33,34)14-6-7-14)21(32)29-16-8-5-13(9-19(16)36-23(24,25)26)17-10-27-11-20(28-17)35-4-2/h5,8-12,14-15H,3-4,6-7H2,1-2H3,(H,29,32)(H,30,31). The monoisotopic (exact) mass is 571 g/mol. The van der Waals surface area contributed by atoms with Crippen LogP contribution in [0.5, 0.6) is 11.6 Å². The molecule has 1 aromatic carbocycles. The Bertz CT molecular complexity index is 1410. The van der Waals surface area contributed by atoms with Gasteiger partial charge in [0.2, 0.25) is 21.8 Å². The predicted molar refractivity (Wildman–Crippen MR) is 135 cm³/mol. The molecule has 1 saturated carbocycles. The van der Waals surface area contributed by atoms with Crippen molar-refractivity contribution in [1.82, 2.24) is 15.0 Å². The predicted octanol–water partition coefficient (Wildman–Crippen LogP) is 4.93. The van der Waals surface area contributed by atoms with Gasteiger partial charge in [0.05, 0.1) is 47.2 Å². The number of nitrogens with one attached hydrogen (secondary N) is 2. The van der Waals surface area contributed by atoms with Gasteiger partial charge in [0.1, 0.15) is 0 Å². The van der Waals surface area contributed by atoms with E-state index in [-0.39, 0.29) is 34.4 Å². The molecule has 1 atom stereocenters. The van der Waals surface area contributed by atoms with Crippen molar-refractivity contribution in [3.8, 4) is 22.9 Å². The molecular formula is C23H24F3N5O5S2. The number of hydrogen-bond acceptors (Lipinski definition) is 9. The molecule has 204 valence electrons. The molecule has 1 unspecified atom stereocenters. The third-order valence-electron chi connectivity index (χ3n) is 5.46. The Morgan fingerprint density at radius 3 is 2.63 bits per heavy atom. The van der Waals surface area contributed by atoms with Crippen molar-refractivity contribution in [2.45, 2.75) is 50.6 Å². The number of carbonyl (C=O) groups excluding carboxylic acids is 1. The molecule has 0 bridgehead atoms. The summed E-state index contributed by atoms with van der Waals surface area (Å²) in [4.78, 5) is 25.5. The van der Waals surface area contributed by atoms with Crippen LogP contribution >= 0.6 is 11.3 Å². The summed E-state index contributed by atoms with van der Waals surface area (Å²) in [6.07, 6.45) is -0.863. The van der Waals surface area contributed by atoms with Gasteiger partial charge < -0.3 is 14.8 Å².